The first-order valence-electron chi connectivity index (χ1n) is 19.0. The normalized spacial score (nSPS) is 24.9. The van der Waals surface area contributed by atoms with E-state index in [4.69, 9.17) is 27.9 Å². The molecule has 2 fully saturated rings. The number of ketones is 1. The molecule has 4 unspecified atom stereocenters. The highest BCUT2D eigenvalue weighted by Gasteiger charge is 2.51. The summed E-state index contributed by atoms with van der Waals surface area (Å²) in [6.07, 6.45) is 19.4. The van der Waals surface area contributed by atoms with Crippen LogP contribution >= 0.6 is 23.2 Å². The highest BCUT2D eigenvalue weighted by atomic mass is 35.5. The van der Waals surface area contributed by atoms with Crippen LogP contribution in [0, 0.1) is 23.2 Å². The third kappa shape index (κ3) is 10.0. The zero-order valence-corrected chi connectivity index (χ0v) is 30.8. The van der Waals surface area contributed by atoms with Gasteiger partial charge in [-0.15, -0.1) is 23.2 Å². The van der Waals surface area contributed by atoms with Crippen LogP contribution < -0.4 is 15.5 Å². The van der Waals surface area contributed by atoms with Gasteiger partial charge in [0.25, 0.3) is 0 Å². The van der Waals surface area contributed by atoms with Gasteiger partial charge < -0.3 is 20.3 Å². The number of anilines is 1. The first-order valence-corrected chi connectivity index (χ1v) is 20.0. The van der Waals surface area contributed by atoms with Crippen molar-refractivity contribution in [3.05, 3.63) is 52.6 Å². The number of rotatable bonds is 19. The summed E-state index contributed by atoms with van der Waals surface area (Å²) in [4.78, 5) is 26.5. The van der Waals surface area contributed by atoms with Crippen molar-refractivity contribution in [3.8, 4) is 0 Å². The lowest BCUT2D eigenvalue weighted by molar-refractivity contribution is -0.114. The number of hydrogen-bond acceptors (Lipinski definition) is 5. The number of amides is 1. The van der Waals surface area contributed by atoms with Crippen LogP contribution in [0.15, 0.2) is 47.1 Å². The highest BCUT2D eigenvalue weighted by Crippen LogP contribution is 2.62. The van der Waals surface area contributed by atoms with Crippen molar-refractivity contribution in [2.24, 2.45) is 23.2 Å². The average Bonchev–Trinajstić information content (AvgIpc) is 3.48. The number of fused-ring (bicyclic) bond motifs is 4. The Kier molecular flexibility index (Phi) is 14.6. The molecule has 0 aliphatic heterocycles. The van der Waals surface area contributed by atoms with Gasteiger partial charge in [-0.05, 0) is 129 Å². The fourth-order valence-corrected chi connectivity index (χ4v) is 9.83. The smallest absolute Gasteiger partial charge is 0.407 e. The summed E-state index contributed by atoms with van der Waals surface area (Å²) < 4.78 is 5.35. The van der Waals surface area contributed by atoms with Crippen LogP contribution in [0.3, 0.4) is 0 Å². The van der Waals surface area contributed by atoms with E-state index in [-0.39, 0.29) is 6.09 Å². The number of hydrogen-bond donors (Lipinski definition) is 2. The van der Waals surface area contributed by atoms with E-state index in [1.165, 1.54) is 68.9 Å². The maximum atomic E-state index is 12.2. The Morgan fingerprint density at radius 3 is 2.54 bits per heavy atom. The average molecular weight is 701 g/mol. The number of benzene rings is 1. The Hall–Kier alpha value is -2.02. The zero-order chi connectivity index (χ0) is 33.8. The number of alkyl halides is 2. The van der Waals surface area contributed by atoms with Gasteiger partial charge in [0.15, 0.2) is 5.78 Å². The van der Waals surface area contributed by atoms with Gasteiger partial charge >= 0.3 is 6.09 Å². The molecule has 4 aliphatic carbocycles. The van der Waals surface area contributed by atoms with Crippen LogP contribution in [-0.4, -0.2) is 63.0 Å². The van der Waals surface area contributed by atoms with Crippen LogP contribution in [-0.2, 0) is 16.0 Å². The molecule has 4 atom stereocenters. The number of ether oxygens (including phenoxy) is 1. The molecular formula is C40H59Cl2N3O3. The number of halogens is 2. The summed E-state index contributed by atoms with van der Waals surface area (Å²) in [5, 5.41) is 6.31. The molecule has 0 spiro atoms. The molecule has 0 radical (unpaired) electrons. The van der Waals surface area contributed by atoms with Crippen LogP contribution in [0.4, 0.5) is 10.5 Å². The van der Waals surface area contributed by atoms with E-state index >= 15 is 0 Å². The molecule has 1 aromatic carbocycles. The zero-order valence-electron chi connectivity index (χ0n) is 29.3. The maximum Gasteiger partial charge on any atom is 0.407 e. The minimum atomic E-state index is -0.343. The van der Waals surface area contributed by atoms with Crippen molar-refractivity contribution in [3.63, 3.8) is 0 Å². The molecule has 1 amide bonds. The van der Waals surface area contributed by atoms with Crippen molar-refractivity contribution in [1.29, 1.82) is 0 Å². The van der Waals surface area contributed by atoms with E-state index in [0.717, 1.165) is 69.3 Å². The lowest BCUT2D eigenvalue weighted by atomic mass is 9.54. The fourth-order valence-electron chi connectivity index (χ4n) is 9.42. The predicted molar refractivity (Wildman–Crippen MR) is 199 cm³/mol. The Morgan fingerprint density at radius 1 is 0.958 bits per heavy atom. The summed E-state index contributed by atoms with van der Waals surface area (Å²) in [7, 11) is 0. The topological polar surface area (TPSA) is 70.7 Å². The Bertz CT molecular complexity index is 1260. The van der Waals surface area contributed by atoms with Crippen LogP contribution in [0.5, 0.6) is 0 Å². The molecular weight excluding hydrogens is 641 g/mol. The number of carbonyl (C=O) groups is 2. The van der Waals surface area contributed by atoms with E-state index in [0.29, 0.717) is 55.0 Å². The lowest BCUT2D eigenvalue weighted by Crippen LogP contribution is -2.41. The van der Waals surface area contributed by atoms with Crippen LogP contribution in [0.2, 0.25) is 0 Å². The maximum absolute atomic E-state index is 12.2. The summed E-state index contributed by atoms with van der Waals surface area (Å²) in [5.41, 5.74) is 7.70. The summed E-state index contributed by atoms with van der Waals surface area (Å²) >= 11 is 11.8. The number of alkyl carbamates (subject to hydrolysis) is 1. The van der Waals surface area contributed by atoms with Gasteiger partial charge in [-0.1, -0.05) is 50.3 Å². The fraction of sp³-hybridized carbons (Fsp3) is 0.700. The van der Waals surface area contributed by atoms with E-state index in [1.807, 2.05) is 6.08 Å². The number of carbonyl (C=O) groups excluding carboxylic acids is 2. The van der Waals surface area contributed by atoms with Crippen molar-refractivity contribution in [1.82, 2.24) is 10.6 Å². The Labute approximate surface area is 299 Å². The molecule has 0 bridgehead atoms. The van der Waals surface area contributed by atoms with Gasteiger partial charge in [0.2, 0.25) is 0 Å². The molecule has 6 nitrogen and oxygen atoms in total. The summed E-state index contributed by atoms with van der Waals surface area (Å²) in [6, 6.07) is 8.49. The van der Waals surface area contributed by atoms with Gasteiger partial charge in [-0.3, -0.25) is 4.79 Å². The number of allylic oxidation sites excluding steroid dienone is 4. The molecule has 2 saturated carbocycles. The third-order valence-corrected chi connectivity index (χ3v) is 12.0. The van der Waals surface area contributed by atoms with Gasteiger partial charge in [-0.25, -0.2) is 4.79 Å². The first kappa shape index (κ1) is 37.2. The number of aryl methyl sites for hydroxylation is 1. The molecule has 48 heavy (non-hydrogen) atoms. The molecule has 8 heteroatoms. The quantitative estimate of drug-likeness (QED) is 0.111. The van der Waals surface area contributed by atoms with Crippen LogP contribution in [0.1, 0.15) is 102 Å². The van der Waals surface area contributed by atoms with E-state index in [1.54, 1.807) is 11.1 Å². The SMILES string of the molecule is CC12CCCC1C1CCC3=CC(=O)CCC3=C1C(CCCCCCNCCOC(=O)NCCCc1ccc(N(CCCl)CCCl)cc1)C2. The lowest BCUT2D eigenvalue weighted by Gasteiger charge is -2.51. The second-order valence-electron chi connectivity index (χ2n) is 14.9. The van der Waals surface area contributed by atoms with Crippen molar-refractivity contribution in [2.45, 2.75) is 103 Å². The van der Waals surface area contributed by atoms with Crippen molar-refractivity contribution < 1.29 is 14.3 Å². The molecule has 4 aliphatic rings. The standard InChI is InChI=1S/C40H59Cl2N3O3/c1-40-19-6-10-37(40)36-17-13-31-28-34(46)16-18-35(31)38(36)32(29-40)9-4-2-3-5-22-43-24-27-48-39(47)44-23-7-8-30-11-14-33(15-12-30)45(25-20-41)26-21-42/h11-12,14-15,28,32,36-37,43H,2-10,13,16-27,29H2,1H3,(H,44,47). The van der Waals surface area contributed by atoms with Gasteiger partial charge in [0.1, 0.15) is 6.61 Å². The second-order valence-corrected chi connectivity index (χ2v) is 15.7. The van der Waals surface area contributed by atoms with Crippen molar-refractivity contribution in [2.75, 3.05) is 56.0 Å². The van der Waals surface area contributed by atoms with Crippen LogP contribution in [0.25, 0.3) is 0 Å². The number of unbranched alkanes of at least 4 members (excludes halogenated alkanes) is 3. The largest absolute Gasteiger partial charge is 0.448 e. The van der Waals surface area contributed by atoms with E-state index in [9.17, 15) is 9.59 Å². The molecule has 1 aromatic rings. The first-order chi connectivity index (χ1) is 23.4. The molecule has 2 N–H and O–H groups in total. The van der Waals surface area contributed by atoms with Crippen molar-refractivity contribution >= 4 is 40.8 Å². The summed E-state index contributed by atoms with van der Waals surface area (Å²) in [6.45, 7) is 6.77. The minimum absolute atomic E-state index is 0.341. The number of nitrogens with zero attached hydrogens (tertiary/aromatic N) is 1. The van der Waals surface area contributed by atoms with Gasteiger partial charge in [-0.2, -0.15) is 0 Å². The molecule has 0 saturated heterocycles. The molecule has 0 heterocycles. The second kappa shape index (κ2) is 18.8. The predicted octanol–water partition coefficient (Wildman–Crippen LogP) is 8.99. The van der Waals surface area contributed by atoms with E-state index in [2.05, 4.69) is 46.7 Å². The third-order valence-electron chi connectivity index (χ3n) is 11.7. The Morgan fingerprint density at radius 2 is 1.75 bits per heavy atom. The Balaban J connectivity index is 0.908. The highest BCUT2D eigenvalue weighted by molar-refractivity contribution is 6.18. The molecule has 0 aromatic heterocycles. The summed E-state index contributed by atoms with van der Waals surface area (Å²) in [5.74, 6) is 3.84. The minimum Gasteiger partial charge on any atom is -0.448 e. The van der Waals surface area contributed by atoms with E-state index < -0.39 is 0 Å². The molecule has 5 rings (SSSR count). The monoisotopic (exact) mass is 699 g/mol. The van der Waals surface area contributed by atoms with Gasteiger partial charge in [0, 0.05) is 50.0 Å². The van der Waals surface area contributed by atoms with Gasteiger partial charge in [0.05, 0.1) is 0 Å². The molecule has 266 valence electrons. The number of nitrogens with one attached hydrogen (secondary N) is 2.